The third-order valence-corrected chi connectivity index (χ3v) is 3.56. The van der Waals surface area contributed by atoms with Crippen LogP contribution >= 0.6 is 11.6 Å². The van der Waals surface area contributed by atoms with Crippen molar-refractivity contribution >= 4 is 17.7 Å². The Labute approximate surface area is 127 Å². The van der Waals surface area contributed by atoms with Crippen LogP contribution in [0.2, 0.25) is 5.15 Å². The molecule has 1 aromatic heterocycles. The van der Waals surface area contributed by atoms with Crippen molar-refractivity contribution in [2.24, 2.45) is 0 Å². The van der Waals surface area contributed by atoms with Crippen molar-refractivity contribution < 1.29 is 9.53 Å². The van der Waals surface area contributed by atoms with Crippen LogP contribution in [0.5, 0.6) is 0 Å². The van der Waals surface area contributed by atoms with Gasteiger partial charge in [0.1, 0.15) is 6.61 Å². The quantitative estimate of drug-likeness (QED) is 0.856. The molecule has 1 aromatic carbocycles. The van der Waals surface area contributed by atoms with Crippen molar-refractivity contribution in [1.29, 1.82) is 0 Å². The molecule has 0 fully saturated rings. The molecule has 108 valence electrons. The first-order valence-corrected chi connectivity index (χ1v) is 7.07. The van der Waals surface area contributed by atoms with E-state index in [-0.39, 0.29) is 12.7 Å². The Balaban J connectivity index is 1.61. The van der Waals surface area contributed by atoms with Crippen molar-refractivity contribution in [2.45, 2.75) is 19.6 Å². The van der Waals surface area contributed by atoms with Crippen molar-refractivity contribution in [3.8, 4) is 0 Å². The minimum atomic E-state index is -0.322. The molecule has 2 heterocycles. The molecule has 0 N–H and O–H groups in total. The summed E-state index contributed by atoms with van der Waals surface area (Å²) in [5.74, 6) is 0. The van der Waals surface area contributed by atoms with Crippen molar-refractivity contribution in [2.75, 3.05) is 6.54 Å². The smallest absolute Gasteiger partial charge is 0.410 e. The fourth-order valence-electron chi connectivity index (χ4n) is 2.27. The summed E-state index contributed by atoms with van der Waals surface area (Å²) in [6, 6.07) is 11.4. The van der Waals surface area contributed by atoms with Gasteiger partial charge >= 0.3 is 6.09 Å². The maximum Gasteiger partial charge on any atom is 0.410 e. The molecule has 0 aliphatic carbocycles. The Kier molecular flexibility index (Phi) is 4.01. The summed E-state index contributed by atoms with van der Waals surface area (Å²) in [7, 11) is 0. The molecule has 2 aromatic rings. The molecule has 0 unspecified atom stereocenters. The number of carbonyl (C=O) groups excluding carboxylic acids is 1. The number of halogens is 1. The number of nitrogens with zero attached hydrogens (tertiary/aromatic N) is 3. The van der Waals surface area contributed by atoms with E-state index in [4.69, 9.17) is 16.3 Å². The summed E-state index contributed by atoms with van der Waals surface area (Å²) in [6.07, 6.45) is 0.345. The molecule has 21 heavy (non-hydrogen) atoms. The van der Waals surface area contributed by atoms with E-state index in [1.54, 1.807) is 11.0 Å². The molecule has 0 radical (unpaired) electrons. The molecule has 0 spiro atoms. The zero-order valence-corrected chi connectivity index (χ0v) is 12.1. The fraction of sp³-hybridized carbons (Fsp3) is 0.267. The summed E-state index contributed by atoms with van der Waals surface area (Å²) in [5, 5.41) is 8.21. The summed E-state index contributed by atoms with van der Waals surface area (Å²) in [6.45, 7) is 1.31. The summed E-state index contributed by atoms with van der Waals surface area (Å²) >= 11 is 5.84. The first kappa shape index (κ1) is 13.8. The van der Waals surface area contributed by atoms with Gasteiger partial charge in [0.2, 0.25) is 0 Å². The lowest BCUT2D eigenvalue weighted by Crippen LogP contribution is -2.36. The fourth-order valence-corrected chi connectivity index (χ4v) is 2.44. The average Bonchev–Trinajstić information content (AvgIpc) is 2.53. The third kappa shape index (κ3) is 3.31. The van der Waals surface area contributed by atoms with E-state index in [2.05, 4.69) is 10.2 Å². The molecular formula is C15H14ClN3O2. The highest BCUT2D eigenvalue weighted by atomic mass is 35.5. The number of fused-ring (bicyclic) bond motifs is 1. The van der Waals surface area contributed by atoms with Gasteiger partial charge in [-0.3, -0.25) is 0 Å². The van der Waals surface area contributed by atoms with Crippen LogP contribution in [-0.4, -0.2) is 27.7 Å². The standard InChI is InChI=1S/C15H14ClN3O2/c16-14-8-12-9-19(7-6-13(12)17-18-14)15(20)21-10-11-4-2-1-3-5-11/h1-5,8H,6-7,9-10H2. The van der Waals surface area contributed by atoms with Gasteiger partial charge < -0.3 is 9.64 Å². The highest BCUT2D eigenvalue weighted by molar-refractivity contribution is 6.29. The van der Waals surface area contributed by atoms with Gasteiger partial charge in [0, 0.05) is 13.0 Å². The van der Waals surface area contributed by atoms with Gasteiger partial charge in [-0.15, -0.1) is 5.10 Å². The van der Waals surface area contributed by atoms with Crippen LogP contribution in [-0.2, 0) is 24.3 Å². The second kappa shape index (κ2) is 6.10. The zero-order valence-electron chi connectivity index (χ0n) is 11.3. The van der Waals surface area contributed by atoms with Crippen LogP contribution in [0.3, 0.4) is 0 Å². The van der Waals surface area contributed by atoms with E-state index >= 15 is 0 Å². The maximum absolute atomic E-state index is 12.1. The van der Waals surface area contributed by atoms with Gasteiger partial charge in [-0.1, -0.05) is 41.9 Å². The normalized spacial score (nSPS) is 13.7. The molecule has 1 aliphatic heterocycles. The van der Waals surface area contributed by atoms with E-state index in [0.717, 1.165) is 16.8 Å². The number of benzene rings is 1. The number of amides is 1. The van der Waals surface area contributed by atoms with Crippen LogP contribution in [0.25, 0.3) is 0 Å². The van der Waals surface area contributed by atoms with Gasteiger partial charge in [-0.25, -0.2) is 4.79 Å². The second-order valence-corrected chi connectivity index (χ2v) is 5.24. The summed E-state index contributed by atoms with van der Waals surface area (Å²) < 4.78 is 5.33. The molecule has 3 rings (SSSR count). The Bertz CT molecular complexity index is 649. The lowest BCUT2D eigenvalue weighted by Gasteiger charge is -2.27. The zero-order chi connectivity index (χ0) is 14.7. The molecule has 1 aliphatic rings. The number of carbonyl (C=O) groups is 1. The van der Waals surface area contributed by atoms with E-state index < -0.39 is 0 Å². The predicted octanol–water partition coefficient (Wildman–Crippen LogP) is 2.82. The molecule has 0 atom stereocenters. The van der Waals surface area contributed by atoms with Crippen LogP contribution in [0.1, 0.15) is 16.8 Å². The molecule has 1 amide bonds. The van der Waals surface area contributed by atoms with E-state index in [1.165, 1.54) is 0 Å². The Hall–Kier alpha value is -2.14. The minimum Gasteiger partial charge on any atom is -0.445 e. The highest BCUT2D eigenvalue weighted by Crippen LogP contribution is 2.19. The SMILES string of the molecule is O=C(OCc1ccccc1)N1CCc2nnc(Cl)cc2C1. The van der Waals surface area contributed by atoms with Crippen LogP contribution in [0.15, 0.2) is 36.4 Å². The van der Waals surface area contributed by atoms with Crippen LogP contribution in [0, 0.1) is 0 Å². The first-order valence-electron chi connectivity index (χ1n) is 6.69. The van der Waals surface area contributed by atoms with E-state index in [0.29, 0.717) is 24.7 Å². The van der Waals surface area contributed by atoms with Gasteiger partial charge in [0.25, 0.3) is 0 Å². The lowest BCUT2D eigenvalue weighted by molar-refractivity contribution is 0.0915. The molecule has 0 saturated heterocycles. The topological polar surface area (TPSA) is 55.3 Å². The minimum absolute atomic E-state index is 0.276. The van der Waals surface area contributed by atoms with Gasteiger partial charge in [-0.05, 0) is 17.2 Å². The van der Waals surface area contributed by atoms with E-state index in [9.17, 15) is 4.79 Å². The monoisotopic (exact) mass is 303 g/mol. The van der Waals surface area contributed by atoms with Crippen molar-refractivity contribution in [3.63, 3.8) is 0 Å². The summed E-state index contributed by atoms with van der Waals surface area (Å²) in [4.78, 5) is 13.8. The number of hydrogen-bond acceptors (Lipinski definition) is 4. The molecule has 0 bridgehead atoms. The van der Waals surface area contributed by atoms with Gasteiger partial charge in [0.05, 0.1) is 12.2 Å². The van der Waals surface area contributed by atoms with Crippen molar-refractivity contribution in [1.82, 2.24) is 15.1 Å². The molecule has 5 nitrogen and oxygen atoms in total. The molecule has 0 saturated carbocycles. The Morgan fingerprint density at radius 2 is 2.10 bits per heavy atom. The summed E-state index contributed by atoms with van der Waals surface area (Å²) in [5.41, 5.74) is 2.79. The number of aromatic nitrogens is 2. The lowest BCUT2D eigenvalue weighted by atomic mass is 10.1. The highest BCUT2D eigenvalue weighted by Gasteiger charge is 2.23. The second-order valence-electron chi connectivity index (χ2n) is 4.85. The Morgan fingerprint density at radius 1 is 1.29 bits per heavy atom. The van der Waals surface area contributed by atoms with Gasteiger partial charge in [0.15, 0.2) is 5.15 Å². The van der Waals surface area contributed by atoms with Gasteiger partial charge in [-0.2, -0.15) is 5.10 Å². The average molecular weight is 304 g/mol. The van der Waals surface area contributed by atoms with Crippen molar-refractivity contribution in [3.05, 3.63) is 58.4 Å². The molecular weight excluding hydrogens is 290 g/mol. The predicted molar refractivity (Wildman–Crippen MR) is 77.8 cm³/mol. The number of hydrogen-bond donors (Lipinski definition) is 0. The largest absolute Gasteiger partial charge is 0.445 e. The maximum atomic E-state index is 12.1. The number of rotatable bonds is 2. The van der Waals surface area contributed by atoms with Crippen LogP contribution in [0.4, 0.5) is 4.79 Å². The van der Waals surface area contributed by atoms with E-state index in [1.807, 2.05) is 30.3 Å². The van der Waals surface area contributed by atoms with Crippen LogP contribution < -0.4 is 0 Å². The Morgan fingerprint density at radius 3 is 2.90 bits per heavy atom. The third-order valence-electron chi connectivity index (χ3n) is 3.37. The first-order chi connectivity index (χ1) is 10.2. The number of ether oxygens (including phenoxy) is 1. The molecule has 6 heteroatoms.